The molecule has 0 saturated heterocycles. The van der Waals surface area contributed by atoms with Gasteiger partial charge in [0, 0.05) is 13.2 Å². The van der Waals surface area contributed by atoms with Gasteiger partial charge < -0.3 is 14.8 Å². The second-order valence-electron chi connectivity index (χ2n) is 6.17. The number of methoxy groups -OCH3 is 1. The Morgan fingerprint density at radius 2 is 1.95 bits per heavy atom. The minimum Gasteiger partial charge on any atom is -0.489 e. The van der Waals surface area contributed by atoms with Crippen molar-refractivity contribution < 1.29 is 9.47 Å². The average molecular weight is 291 g/mol. The number of rotatable bonds is 7. The van der Waals surface area contributed by atoms with E-state index >= 15 is 0 Å². The van der Waals surface area contributed by atoms with Crippen molar-refractivity contribution in [2.75, 3.05) is 25.6 Å². The number of ether oxygens (including phenoxy) is 2. The number of hydrogen-bond acceptors (Lipinski definition) is 3. The van der Waals surface area contributed by atoms with Crippen molar-refractivity contribution in [2.24, 2.45) is 5.92 Å². The first-order valence-electron chi connectivity index (χ1n) is 8.19. The molecule has 1 atom stereocenters. The third-order valence-electron chi connectivity index (χ3n) is 4.42. The van der Waals surface area contributed by atoms with E-state index in [1.54, 1.807) is 7.11 Å². The smallest absolute Gasteiger partial charge is 0.142 e. The molecular formula is C18H29NO2. The summed E-state index contributed by atoms with van der Waals surface area (Å²) in [6, 6.07) is 6.87. The van der Waals surface area contributed by atoms with Gasteiger partial charge >= 0.3 is 0 Å². The van der Waals surface area contributed by atoms with Crippen LogP contribution < -0.4 is 10.1 Å². The number of hydrogen-bond donors (Lipinski definition) is 1. The van der Waals surface area contributed by atoms with E-state index in [0.29, 0.717) is 19.3 Å². The first-order chi connectivity index (χ1) is 10.2. The monoisotopic (exact) mass is 291 g/mol. The summed E-state index contributed by atoms with van der Waals surface area (Å²) in [5, 5.41) is 3.67. The first kappa shape index (κ1) is 16.2. The molecule has 21 heavy (non-hydrogen) atoms. The van der Waals surface area contributed by atoms with Gasteiger partial charge in [0.25, 0.3) is 0 Å². The highest BCUT2D eigenvalue weighted by atomic mass is 16.5. The molecule has 1 N–H and O–H groups in total. The minimum atomic E-state index is 0.498. The molecule has 0 spiro atoms. The molecule has 0 heterocycles. The summed E-state index contributed by atoms with van der Waals surface area (Å²) in [7, 11) is 1.70. The average Bonchev–Trinajstić information content (AvgIpc) is 2.51. The van der Waals surface area contributed by atoms with Crippen LogP contribution in [0.4, 0.5) is 5.69 Å². The zero-order valence-corrected chi connectivity index (χ0v) is 13.7. The summed E-state index contributed by atoms with van der Waals surface area (Å²) in [6.07, 6.45) is 6.85. The Kier molecular flexibility index (Phi) is 6.37. The Morgan fingerprint density at radius 3 is 2.67 bits per heavy atom. The molecule has 1 aliphatic rings. The second kappa shape index (κ2) is 8.28. The highest BCUT2D eigenvalue weighted by molar-refractivity contribution is 5.58. The molecule has 1 unspecified atom stereocenters. The van der Waals surface area contributed by atoms with Crippen LogP contribution in [-0.4, -0.2) is 26.4 Å². The maximum absolute atomic E-state index is 5.86. The van der Waals surface area contributed by atoms with Crippen molar-refractivity contribution in [3.63, 3.8) is 0 Å². The van der Waals surface area contributed by atoms with Gasteiger partial charge in [0.15, 0.2) is 0 Å². The van der Waals surface area contributed by atoms with Crippen LogP contribution in [0.15, 0.2) is 18.2 Å². The van der Waals surface area contributed by atoms with Crippen LogP contribution in [0.3, 0.4) is 0 Å². The molecule has 1 fully saturated rings. The fourth-order valence-corrected chi connectivity index (χ4v) is 3.10. The lowest BCUT2D eigenvalue weighted by atomic mass is 9.84. The van der Waals surface area contributed by atoms with Gasteiger partial charge in [-0.3, -0.25) is 0 Å². The Bertz CT molecular complexity index is 427. The lowest BCUT2D eigenvalue weighted by Crippen LogP contribution is -2.28. The van der Waals surface area contributed by atoms with Gasteiger partial charge in [0.1, 0.15) is 12.4 Å². The highest BCUT2D eigenvalue weighted by Gasteiger charge is 2.20. The SMILES string of the molecule is COCCOc1cc(C)ccc1NC(C)C1CCCCC1. The molecule has 2 rings (SSSR count). The summed E-state index contributed by atoms with van der Waals surface area (Å²) in [5.41, 5.74) is 2.33. The fraction of sp³-hybridized carbons (Fsp3) is 0.667. The van der Waals surface area contributed by atoms with E-state index in [2.05, 4.69) is 37.4 Å². The molecule has 1 saturated carbocycles. The van der Waals surface area contributed by atoms with Crippen LogP contribution in [0, 0.1) is 12.8 Å². The summed E-state index contributed by atoms with van der Waals surface area (Å²) >= 11 is 0. The van der Waals surface area contributed by atoms with Gasteiger partial charge in [-0.1, -0.05) is 25.3 Å². The van der Waals surface area contributed by atoms with E-state index in [0.717, 1.165) is 17.4 Å². The van der Waals surface area contributed by atoms with Gasteiger partial charge in [0.2, 0.25) is 0 Å². The Balaban J connectivity index is 2.00. The highest BCUT2D eigenvalue weighted by Crippen LogP contribution is 2.31. The quantitative estimate of drug-likeness (QED) is 0.755. The maximum Gasteiger partial charge on any atom is 0.142 e. The van der Waals surface area contributed by atoms with Crippen molar-refractivity contribution in [3.05, 3.63) is 23.8 Å². The standard InChI is InChI=1S/C18H29NO2/c1-14-9-10-17(18(13-14)21-12-11-20-3)19-15(2)16-7-5-4-6-8-16/h9-10,13,15-16,19H,4-8,11-12H2,1-3H3. The molecule has 118 valence electrons. The van der Waals surface area contributed by atoms with Crippen LogP contribution in [0.1, 0.15) is 44.6 Å². The van der Waals surface area contributed by atoms with E-state index in [1.165, 1.54) is 37.7 Å². The van der Waals surface area contributed by atoms with Crippen LogP contribution in [0.5, 0.6) is 5.75 Å². The topological polar surface area (TPSA) is 30.5 Å². The van der Waals surface area contributed by atoms with E-state index < -0.39 is 0 Å². The van der Waals surface area contributed by atoms with Crippen molar-refractivity contribution >= 4 is 5.69 Å². The fourth-order valence-electron chi connectivity index (χ4n) is 3.10. The summed E-state index contributed by atoms with van der Waals surface area (Å²) in [6.45, 7) is 5.60. The number of anilines is 1. The predicted molar refractivity (Wildman–Crippen MR) is 88.2 cm³/mol. The van der Waals surface area contributed by atoms with Crippen LogP contribution in [0.2, 0.25) is 0 Å². The van der Waals surface area contributed by atoms with Crippen molar-refractivity contribution in [3.8, 4) is 5.75 Å². The molecule has 3 heteroatoms. The van der Waals surface area contributed by atoms with Crippen molar-refractivity contribution in [1.29, 1.82) is 0 Å². The summed E-state index contributed by atoms with van der Waals surface area (Å²) in [4.78, 5) is 0. The third-order valence-corrected chi connectivity index (χ3v) is 4.42. The normalized spacial score (nSPS) is 17.5. The van der Waals surface area contributed by atoms with Crippen LogP contribution in [-0.2, 0) is 4.74 Å². The molecule has 0 amide bonds. The number of benzene rings is 1. The zero-order valence-electron chi connectivity index (χ0n) is 13.7. The molecule has 1 aromatic rings. The predicted octanol–water partition coefficient (Wildman–Crippen LogP) is 4.40. The second-order valence-corrected chi connectivity index (χ2v) is 6.17. The molecule has 0 aliphatic heterocycles. The summed E-state index contributed by atoms with van der Waals surface area (Å²) in [5.74, 6) is 1.72. The third kappa shape index (κ3) is 4.92. The van der Waals surface area contributed by atoms with Crippen molar-refractivity contribution in [2.45, 2.75) is 52.0 Å². The molecule has 0 bridgehead atoms. The molecule has 1 aromatic carbocycles. The van der Waals surface area contributed by atoms with E-state index in [-0.39, 0.29) is 0 Å². The van der Waals surface area contributed by atoms with Gasteiger partial charge in [0.05, 0.1) is 12.3 Å². The van der Waals surface area contributed by atoms with E-state index in [4.69, 9.17) is 9.47 Å². The first-order valence-corrected chi connectivity index (χ1v) is 8.19. The summed E-state index contributed by atoms with van der Waals surface area (Å²) < 4.78 is 10.9. The lowest BCUT2D eigenvalue weighted by molar-refractivity contribution is 0.146. The van der Waals surface area contributed by atoms with Crippen molar-refractivity contribution in [1.82, 2.24) is 0 Å². The lowest BCUT2D eigenvalue weighted by Gasteiger charge is -2.29. The molecular weight excluding hydrogens is 262 g/mol. The molecule has 1 aliphatic carbocycles. The Morgan fingerprint density at radius 1 is 1.19 bits per heavy atom. The van der Waals surface area contributed by atoms with Gasteiger partial charge in [-0.25, -0.2) is 0 Å². The van der Waals surface area contributed by atoms with E-state index in [9.17, 15) is 0 Å². The minimum absolute atomic E-state index is 0.498. The Hall–Kier alpha value is -1.22. The van der Waals surface area contributed by atoms with E-state index in [1.807, 2.05) is 0 Å². The Labute approximate surface area is 129 Å². The van der Waals surface area contributed by atoms with Gasteiger partial charge in [-0.2, -0.15) is 0 Å². The zero-order chi connectivity index (χ0) is 15.1. The van der Waals surface area contributed by atoms with Crippen LogP contribution in [0.25, 0.3) is 0 Å². The maximum atomic E-state index is 5.86. The van der Waals surface area contributed by atoms with Gasteiger partial charge in [-0.15, -0.1) is 0 Å². The molecule has 3 nitrogen and oxygen atoms in total. The number of aryl methyl sites for hydroxylation is 1. The van der Waals surface area contributed by atoms with Crippen LogP contribution >= 0.6 is 0 Å². The largest absolute Gasteiger partial charge is 0.489 e. The van der Waals surface area contributed by atoms with Gasteiger partial charge in [-0.05, 0) is 50.3 Å². The molecule has 0 radical (unpaired) electrons. The molecule has 0 aromatic heterocycles. The number of nitrogens with one attached hydrogen (secondary N) is 1.